The number of carbonyl (C=O) groups excluding carboxylic acids is 1. The molecule has 2 heterocycles. The Morgan fingerprint density at radius 3 is 3.06 bits per heavy atom. The van der Waals surface area contributed by atoms with Crippen molar-refractivity contribution in [3.8, 4) is 0 Å². The van der Waals surface area contributed by atoms with Gasteiger partial charge >= 0.3 is 6.01 Å². The van der Waals surface area contributed by atoms with Gasteiger partial charge in [-0.05, 0) is 14.0 Å². The second-order valence-electron chi connectivity index (χ2n) is 4.02. The number of nitrogens with zero attached hydrogens (tertiary/aromatic N) is 3. The predicted molar refractivity (Wildman–Crippen MR) is 61.6 cm³/mol. The van der Waals surface area contributed by atoms with Gasteiger partial charge in [-0.1, -0.05) is 5.10 Å². The molecule has 1 saturated heterocycles. The summed E-state index contributed by atoms with van der Waals surface area (Å²) in [5, 5.41) is 13.8. The predicted octanol–water partition coefficient (Wildman–Crippen LogP) is -0.324. The second-order valence-corrected chi connectivity index (χ2v) is 4.02. The topological polar surface area (TPSA) is 83.3 Å². The maximum absolute atomic E-state index is 11.2. The fourth-order valence-corrected chi connectivity index (χ4v) is 1.61. The molecule has 7 nitrogen and oxygen atoms in total. The molecule has 0 radical (unpaired) electrons. The highest BCUT2D eigenvalue weighted by molar-refractivity contribution is 5.76. The maximum atomic E-state index is 11.2. The molecule has 1 atom stereocenters. The van der Waals surface area contributed by atoms with Gasteiger partial charge in [0, 0.05) is 26.1 Å². The van der Waals surface area contributed by atoms with Gasteiger partial charge in [0.15, 0.2) is 0 Å². The lowest BCUT2D eigenvalue weighted by Gasteiger charge is -2.15. The van der Waals surface area contributed by atoms with Crippen molar-refractivity contribution in [2.45, 2.75) is 19.4 Å². The zero-order valence-corrected chi connectivity index (χ0v) is 10.1. The zero-order valence-electron chi connectivity index (χ0n) is 10.1. The number of carbonyl (C=O) groups is 1. The third kappa shape index (κ3) is 2.73. The summed E-state index contributed by atoms with van der Waals surface area (Å²) in [6.45, 7) is 3.87. The van der Waals surface area contributed by atoms with Gasteiger partial charge in [-0.15, -0.1) is 5.10 Å². The number of amides is 1. The van der Waals surface area contributed by atoms with Gasteiger partial charge in [-0.3, -0.25) is 4.79 Å². The molecule has 7 heteroatoms. The van der Waals surface area contributed by atoms with Crippen LogP contribution in [0.5, 0.6) is 0 Å². The van der Waals surface area contributed by atoms with Crippen LogP contribution in [-0.4, -0.2) is 42.8 Å². The molecule has 2 rings (SSSR count). The molecule has 1 unspecified atom stereocenters. The quantitative estimate of drug-likeness (QED) is 0.752. The van der Waals surface area contributed by atoms with Gasteiger partial charge in [0.1, 0.15) is 0 Å². The normalized spacial score (nSPS) is 18.7. The van der Waals surface area contributed by atoms with E-state index in [0.29, 0.717) is 38.0 Å². The lowest BCUT2D eigenvalue weighted by Crippen LogP contribution is -2.28. The fourth-order valence-electron chi connectivity index (χ4n) is 1.61. The molecular weight excluding hydrogens is 222 g/mol. The number of anilines is 1. The molecule has 1 aromatic heterocycles. The highest BCUT2D eigenvalue weighted by Crippen LogP contribution is 2.17. The van der Waals surface area contributed by atoms with E-state index < -0.39 is 0 Å². The number of rotatable bonds is 3. The molecule has 1 amide bonds. The molecule has 0 aliphatic carbocycles. The van der Waals surface area contributed by atoms with Gasteiger partial charge in [0.2, 0.25) is 11.8 Å². The molecule has 0 bridgehead atoms. The standard InChI is InChI=1S/C10H17N5O2/c1-7(11-2)9-13-14-10(17-9)15-5-3-8(16)12-4-6-15/h7,11H,3-6H2,1-2H3,(H,12,16). The minimum Gasteiger partial charge on any atom is -0.406 e. The maximum Gasteiger partial charge on any atom is 0.318 e. The molecule has 1 fully saturated rings. The Hall–Kier alpha value is -1.63. The molecule has 1 aliphatic rings. The number of aromatic nitrogens is 2. The van der Waals surface area contributed by atoms with E-state index in [2.05, 4.69) is 20.8 Å². The summed E-state index contributed by atoms with van der Waals surface area (Å²) in [5.74, 6) is 0.627. The molecule has 0 aromatic carbocycles. The summed E-state index contributed by atoms with van der Waals surface area (Å²) in [6.07, 6.45) is 0.458. The summed E-state index contributed by atoms with van der Waals surface area (Å²) < 4.78 is 5.57. The van der Waals surface area contributed by atoms with Crippen molar-refractivity contribution in [1.82, 2.24) is 20.8 Å². The first kappa shape index (κ1) is 11.8. The Balaban J connectivity index is 2.06. The SMILES string of the molecule is CNC(C)c1nnc(N2CCNC(=O)CC2)o1. The average molecular weight is 239 g/mol. The van der Waals surface area contributed by atoms with E-state index in [-0.39, 0.29) is 11.9 Å². The first-order valence-corrected chi connectivity index (χ1v) is 5.73. The van der Waals surface area contributed by atoms with Crippen LogP contribution in [0.1, 0.15) is 25.3 Å². The van der Waals surface area contributed by atoms with Gasteiger partial charge in [-0.25, -0.2) is 0 Å². The molecule has 1 aromatic rings. The largest absolute Gasteiger partial charge is 0.406 e. The molecule has 1 aliphatic heterocycles. The average Bonchev–Trinajstić information content (AvgIpc) is 2.72. The van der Waals surface area contributed by atoms with Crippen LogP contribution in [-0.2, 0) is 4.79 Å². The highest BCUT2D eigenvalue weighted by Gasteiger charge is 2.20. The van der Waals surface area contributed by atoms with Crippen molar-refractivity contribution in [3.63, 3.8) is 0 Å². The molecule has 2 N–H and O–H groups in total. The van der Waals surface area contributed by atoms with E-state index in [4.69, 9.17) is 4.42 Å². The van der Waals surface area contributed by atoms with Crippen LogP contribution in [0.4, 0.5) is 6.01 Å². The highest BCUT2D eigenvalue weighted by atomic mass is 16.4. The van der Waals surface area contributed by atoms with Gasteiger partial charge in [0.25, 0.3) is 0 Å². The monoisotopic (exact) mass is 239 g/mol. The summed E-state index contributed by atoms with van der Waals surface area (Å²) >= 11 is 0. The van der Waals surface area contributed by atoms with Gasteiger partial charge in [0.05, 0.1) is 6.04 Å². The van der Waals surface area contributed by atoms with E-state index in [1.54, 1.807) is 0 Å². The van der Waals surface area contributed by atoms with E-state index >= 15 is 0 Å². The Bertz CT molecular complexity index is 392. The summed E-state index contributed by atoms with van der Waals surface area (Å²) in [7, 11) is 1.84. The number of hydrogen-bond acceptors (Lipinski definition) is 6. The molecule has 94 valence electrons. The van der Waals surface area contributed by atoms with Crippen molar-refractivity contribution >= 4 is 11.9 Å². The first-order valence-electron chi connectivity index (χ1n) is 5.73. The Morgan fingerprint density at radius 1 is 1.47 bits per heavy atom. The molecule has 17 heavy (non-hydrogen) atoms. The van der Waals surface area contributed by atoms with Crippen LogP contribution in [0.2, 0.25) is 0 Å². The lowest BCUT2D eigenvalue weighted by molar-refractivity contribution is -0.120. The van der Waals surface area contributed by atoms with E-state index in [1.807, 2.05) is 18.9 Å². The van der Waals surface area contributed by atoms with E-state index in [0.717, 1.165) is 0 Å². The third-order valence-corrected chi connectivity index (χ3v) is 2.82. The van der Waals surface area contributed by atoms with Crippen molar-refractivity contribution in [2.75, 3.05) is 31.6 Å². The smallest absolute Gasteiger partial charge is 0.318 e. The number of nitrogens with one attached hydrogen (secondary N) is 2. The molecular formula is C10H17N5O2. The minimum absolute atomic E-state index is 0.0305. The van der Waals surface area contributed by atoms with Gasteiger partial charge < -0.3 is 20.0 Å². The van der Waals surface area contributed by atoms with Crippen LogP contribution >= 0.6 is 0 Å². The van der Waals surface area contributed by atoms with E-state index in [9.17, 15) is 4.79 Å². The Kier molecular flexibility index (Phi) is 3.58. The van der Waals surface area contributed by atoms with Crippen molar-refractivity contribution in [1.29, 1.82) is 0 Å². The third-order valence-electron chi connectivity index (χ3n) is 2.82. The van der Waals surface area contributed by atoms with Crippen LogP contribution < -0.4 is 15.5 Å². The van der Waals surface area contributed by atoms with Crippen LogP contribution in [0.3, 0.4) is 0 Å². The Labute approximate surface area is 99.6 Å². The lowest BCUT2D eigenvalue weighted by atomic mass is 10.3. The van der Waals surface area contributed by atoms with Crippen LogP contribution in [0, 0.1) is 0 Å². The molecule has 0 saturated carbocycles. The van der Waals surface area contributed by atoms with Crippen LogP contribution in [0.25, 0.3) is 0 Å². The molecule has 0 spiro atoms. The summed E-state index contributed by atoms with van der Waals surface area (Å²) in [5.41, 5.74) is 0. The fraction of sp³-hybridized carbons (Fsp3) is 0.700. The number of hydrogen-bond donors (Lipinski definition) is 2. The Morgan fingerprint density at radius 2 is 2.29 bits per heavy atom. The second kappa shape index (κ2) is 5.13. The zero-order chi connectivity index (χ0) is 12.3. The van der Waals surface area contributed by atoms with Crippen molar-refractivity contribution < 1.29 is 9.21 Å². The van der Waals surface area contributed by atoms with Crippen LogP contribution in [0.15, 0.2) is 4.42 Å². The van der Waals surface area contributed by atoms with Gasteiger partial charge in [-0.2, -0.15) is 0 Å². The minimum atomic E-state index is 0.0305. The summed E-state index contributed by atoms with van der Waals surface area (Å²) in [6, 6.07) is 0.515. The van der Waals surface area contributed by atoms with E-state index in [1.165, 1.54) is 0 Å². The van der Waals surface area contributed by atoms with Crippen molar-refractivity contribution in [3.05, 3.63) is 5.89 Å². The first-order chi connectivity index (χ1) is 8.20. The summed E-state index contributed by atoms with van der Waals surface area (Å²) in [4.78, 5) is 13.1. The van der Waals surface area contributed by atoms with Crippen molar-refractivity contribution in [2.24, 2.45) is 0 Å².